The zero-order valence-corrected chi connectivity index (χ0v) is 14.5. The maximum atomic E-state index is 5.80. The average Bonchev–Trinajstić information content (AvgIpc) is 2.42. The van der Waals surface area contributed by atoms with Gasteiger partial charge < -0.3 is 16.2 Å². The highest BCUT2D eigenvalue weighted by Crippen LogP contribution is 2.39. The van der Waals surface area contributed by atoms with Crippen molar-refractivity contribution >= 4 is 0 Å². The van der Waals surface area contributed by atoms with Crippen molar-refractivity contribution in [3.8, 4) is 5.75 Å². The van der Waals surface area contributed by atoms with E-state index in [2.05, 4.69) is 46.8 Å². The molecule has 1 atom stereocenters. The van der Waals surface area contributed by atoms with Gasteiger partial charge in [-0.2, -0.15) is 0 Å². The summed E-state index contributed by atoms with van der Waals surface area (Å²) in [6.45, 7) is 12.3. The van der Waals surface area contributed by atoms with Crippen LogP contribution in [0.1, 0.15) is 56.7 Å². The van der Waals surface area contributed by atoms with Crippen molar-refractivity contribution in [2.75, 3.05) is 20.2 Å². The molecule has 0 spiro atoms. The molecule has 1 unspecified atom stereocenters. The van der Waals surface area contributed by atoms with Gasteiger partial charge >= 0.3 is 0 Å². The lowest BCUT2D eigenvalue weighted by Crippen LogP contribution is -2.25. The lowest BCUT2D eigenvalue weighted by Gasteiger charge is -2.27. The van der Waals surface area contributed by atoms with E-state index in [0.717, 1.165) is 12.2 Å². The molecule has 1 aromatic carbocycles. The van der Waals surface area contributed by atoms with Crippen molar-refractivity contribution < 1.29 is 4.74 Å². The van der Waals surface area contributed by atoms with Gasteiger partial charge in [0, 0.05) is 5.56 Å². The first kappa shape index (κ1) is 18.0. The summed E-state index contributed by atoms with van der Waals surface area (Å²) in [6, 6.07) is 4.47. The Hall–Kier alpha value is -1.06. The summed E-state index contributed by atoms with van der Waals surface area (Å²) in [5.41, 5.74) is 15.5. The second-order valence-corrected chi connectivity index (χ2v) is 7.16. The smallest absolute Gasteiger partial charge is 0.126 e. The van der Waals surface area contributed by atoms with E-state index in [-0.39, 0.29) is 5.41 Å². The van der Waals surface area contributed by atoms with Gasteiger partial charge in [0.25, 0.3) is 0 Å². The number of rotatable bonds is 6. The third kappa shape index (κ3) is 4.45. The second-order valence-electron chi connectivity index (χ2n) is 7.16. The molecule has 1 aromatic rings. The third-order valence-corrected chi connectivity index (χ3v) is 4.16. The SMILES string of the molecule is COc1c(C(C)CC(CN)CN)cc(C)cc1C(C)(C)C. The maximum Gasteiger partial charge on any atom is 0.126 e. The summed E-state index contributed by atoms with van der Waals surface area (Å²) in [6.07, 6.45) is 0.996. The van der Waals surface area contributed by atoms with Gasteiger partial charge in [0.2, 0.25) is 0 Å². The normalized spacial score (nSPS) is 13.6. The van der Waals surface area contributed by atoms with Crippen LogP contribution in [-0.2, 0) is 5.41 Å². The summed E-state index contributed by atoms with van der Waals surface area (Å²) in [5.74, 6) is 1.77. The molecule has 0 aliphatic rings. The molecular formula is C18H32N2O. The van der Waals surface area contributed by atoms with Crippen molar-refractivity contribution in [1.82, 2.24) is 0 Å². The van der Waals surface area contributed by atoms with Crippen LogP contribution < -0.4 is 16.2 Å². The summed E-state index contributed by atoms with van der Waals surface area (Å²) in [4.78, 5) is 0. The fourth-order valence-electron chi connectivity index (χ4n) is 2.87. The second kappa shape index (κ2) is 7.28. The monoisotopic (exact) mass is 292 g/mol. The molecule has 0 aromatic heterocycles. The first-order valence-corrected chi connectivity index (χ1v) is 7.83. The minimum Gasteiger partial charge on any atom is -0.496 e. The Morgan fingerprint density at radius 1 is 1.14 bits per heavy atom. The van der Waals surface area contributed by atoms with Crippen molar-refractivity contribution in [3.05, 3.63) is 28.8 Å². The Bertz CT molecular complexity index is 459. The molecule has 0 saturated heterocycles. The number of methoxy groups -OCH3 is 1. The molecule has 0 saturated carbocycles. The quantitative estimate of drug-likeness (QED) is 0.845. The van der Waals surface area contributed by atoms with Crippen LogP contribution >= 0.6 is 0 Å². The van der Waals surface area contributed by atoms with Crippen LogP contribution in [0, 0.1) is 12.8 Å². The highest BCUT2D eigenvalue weighted by Gasteiger charge is 2.24. The molecular weight excluding hydrogens is 260 g/mol. The molecule has 0 heterocycles. The molecule has 0 fully saturated rings. The number of aryl methyl sites for hydroxylation is 1. The van der Waals surface area contributed by atoms with E-state index >= 15 is 0 Å². The zero-order valence-electron chi connectivity index (χ0n) is 14.5. The first-order valence-electron chi connectivity index (χ1n) is 7.83. The molecule has 4 N–H and O–H groups in total. The van der Waals surface area contributed by atoms with Crippen molar-refractivity contribution in [2.24, 2.45) is 17.4 Å². The number of hydrogen-bond donors (Lipinski definition) is 2. The molecule has 3 nitrogen and oxygen atoms in total. The Morgan fingerprint density at radius 2 is 1.71 bits per heavy atom. The fourth-order valence-corrected chi connectivity index (χ4v) is 2.87. The first-order chi connectivity index (χ1) is 9.74. The zero-order chi connectivity index (χ0) is 16.2. The van der Waals surface area contributed by atoms with Crippen molar-refractivity contribution in [1.29, 1.82) is 0 Å². The summed E-state index contributed by atoms with van der Waals surface area (Å²) < 4.78 is 5.77. The predicted molar refractivity (Wildman–Crippen MR) is 91.1 cm³/mol. The summed E-state index contributed by atoms with van der Waals surface area (Å²) in [7, 11) is 1.76. The molecule has 3 heteroatoms. The standard InChI is InChI=1S/C18H32N2O/c1-12-7-15(13(2)9-14(10-19)11-20)17(21-6)16(8-12)18(3,4)5/h7-8,13-14H,9-11,19-20H2,1-6H3. The van der Waals surface area contributed by atoms with Crippen LogP contribution in [0.5, 0.6) is 5.75 Å². The topological polar surface area (TPSA) is 61.3 Å². The summed E-state index contributed by atoms with van der Waals surface area (Å²) >= 11 is 0. The van der Waals surface area contributed by atoms with E-state index in [4.69, 9.17) is 16.2 Å². The average molecular weight is 292 g/mol. The number of nitrogens with two attached hydrogens (primary N) is 2. The Morgan fingerprint density at radius 3 is 2.14 bits per heavy atom. The molecule has 0 aliphatic carbocycles. The molecule has 0 radical (unpaired) electrons. The molecule has 21 heavy (non-hydrogen) atoms. The highest BCUT2D eigenvalue weighted by molar-refractivity contribution is 5.49. The van der Waals surface area contributed by atoms with Gasteiger partial charge in [-0.15, -0.1) is 0 Å². The van der Waals surface area contributed by atoms with Gasteiger partial charge in [0.05, 0.1) is 7.11 Å². The maximum absolute atomic E-state index is 5.80. The predicted octanol–water partition coefficient (Wildman–Crippen LogP) is 3.33. The van der Waals surface area contributed by atoms with Gasteiger partial charge in [-0.1, -0.05) is 45.4 Å². The van der Waals surface area contributed by atoms with Gasteiger partial charge in [0.15, 0.2) is 0 Å². The van der Waals surface area contributed by atoms with Crippen molar-refractivity contribution in [3.63, 3.8) is 0 Å². The van der Waals surface area contributed by atoms with Gasteiger partial charge in [0.1, 0.15) is 5.75 Å². The number of benzene rings is 1. The van der Waals surface area contributed by atoms with E-state index in [1.165, 1.54) is 16.7 Å². The molecule has 0 amide bonds. The van der Waals surface area contributed by atoms with E-state index in [0.29, 0.717) is 24.9 Å². The Balaban J connectivity index is 3.25. The number of ether oxygens (including phenoxy) is 1. The van der Waals surface area contributed by atoms with Crippen LogP contribution in [0.25, 0.3) is 0 Å². The Labute approximate surface area is 130 Å². The van der Waals surface area contributed by atoms with Crippen LogP contribution in [0.4, 0.5) is 0 Å². The highest BCUT2D eigenvalue weighted by atomic mass is 16.5. The van der Waals surface area contributed by atoms with E-state index in [1.807, 2.05) is 0 Å². The van der Waals surface area contributed by atoms with Gasteiger partial charge in [-0.05, 0) is 49.2 Å². The summed E-state index contributed by atoms with van der Waals surface area (Å²) in [5, 5.41) is 0. The van der Waals surface area contributed by atoms with Gasteiger partial charge in [-0.25, -0.2) is 0 Å². The minimum atomic E-state index is 0.0625. The minimum absolute atomic E-state index is 0.0625. The van der Waals surface area contributed by atoms with E-state index in [9.17, 15) is 0 Å². The van der Waals surface area contributed by atoms with E-state index in [1.54, 1.807) is 7.11 Å². The van der Waals surface area contributed by atoms with Crippen LogP contribution in [0.2, 0.25) is 0 Å². The third-order valence-electron chi connectivity index (χ3n) is 4.16. The number of hydrogen-bond acceptors (Lipinski definition) is 3. The van der Waals surface area contributed by atoms with Crippen LogP contribution in [0.3, 0.4) is 0 Å². The van der Waals surface area contributed by atoms with E-state index < -0.39 is 0 Å². The lowest BCUT2D eigenvalue weighted by molar-refractivity contribution is 0.382. The van der Waals surface area contributed by atoms with Gasteiger partial charge in [-0.3, -0.25) is 0 Å². The fraction of sp³-hybridized carbons (Fsp3) is 0.667. The molecule has 1 rings (SSSR count). The molecule has 120 valence electrons. The van der Waals surface area contributed by atoms with Crippen LogP contribution in [0.15, 0.2) is 12.1 Å². The lowest BCUT2D eigenvalue weighted by atomic mass is 9.81. The molecule has 0 bridgehead atoms. The van der Waals surface area contributed by atoms with Crippen molar-refractivity contribution in [2.45, 2.75) is 52.4 Å². The largest absolute Gasteiger partial charge is 0.496 e. The van der Waals surface area contributed by atoms with Crippen LogP contribution in [-0.4, -0.2) is 20.2 Å². The Kier molecular flexibility index (Phi) is 6.24. The molecule has 0 aliphatic heterocycles.